The maximum absolute atomic E-state index is 12.8. The zero-order valence-electron chi connectivity index (χ0n) is 16.0. The average Bonchev–Trinajstić information content (AvgIpc) is 3.54. The standard InChI is InChI=1S/C20H21ClO7S2/c21-30(24,25)19-7-5-14-4-6-15(28-20(14)11-19)8-9-29(22,23)18-3-1-2-16(10-18)26-12-17-13-27-17/h1-3,5,7,10-11,15,17H,4,6,8-9,12-13H2/t15-,17?/m0/s1. The van der Waals surface area contributed by atoms with Gasteiger partial charge >= 0.3 is 0 Å². The fraction of sp³-hybridized carbons (Fsp3) is 0.400. The number of aryl methyl sites for hydroxylation is 1. The molecule has 2 heterocycles. The van der Waals surface area contributed by atoms with Crippen molar-refractivity contribution < 1.29 is 31.0 Å². The third-order valence-electron chi connectivity index (χ3n) is 5.06. The van der Waals surface area contributed by atoms with E-state index in [-0.39, 0.29) is 27.8 Å². The summed E-state index contributed by atoms with van der Waals surface area (Å²) in [7, 11) is -1.98. The number of rotatable bonds is 8. The molecule has 1 unspecified atom stereocenters. The quantitative estimate of drug-likeness (QED) is 0.430. The van der Waals surface area contributed by atoms with E-state index in [0.717, 1.165) is 5.56 Å². The third-order valence-corrected chi connectivity index (χ3v) is 8.16. The minimum Gasteiger partial charge on any atom is -0.491 e. The van der Waals surface area contributed by atoms with E-state index in [1.165, 1.54) is 18.2 Å². The maximum atomic E-state index is 12.8. The molecule has 30 heavy (non-hydrogen) atoms. The molecule has 162 valence electrons. The van der Waals surface area contributed by atoms with Gasteiger partial charge in [0.2, 0.25) is 0 Å². The molecule has 0 aliphatic carbocycles. The van der Waals surface area contributed by atoms with Crippen molar-refractivity contribution in [2.45, 2.75) is 41.3 Å². The molecule has 1 saturated heterocycles. The Hall–Kier alpha value is -1.81. The van der Waals surface area contributed by atoms with Gasteiger partial charge in [-0.3, -0.25) is 0 Å². The largest absolute Gasteiger partial charge is 0.491 e. The number of hydrogen-bond acceptors (Lipinski definition) is 7. The Balaban J connectivity index is 1.40. The number of epoxide rings is 1. The van der Waals surface area contributed by atoms with E-state index in [1.54, 1.807) is 24.3 Å². The summed E-state index contributed by atoms with van der Waals surface area (Å²) in [6, 6.07) is 10.9. The Morgan fingerprint density at radius 1 is 1.03 bits per heavy atom. The minimum atomic E-state index is -3.86. The zero-order chi connectivity index (χ0) is 21.4. The molecule has 2 aromatic rings. The van der Waals surface area contributed by atoms with Gasteiger partial charge in [-0.05, 0) is 49.1 Å². The van der Waals surface area contributed by atoms with Gasteiger partial charge in [0.15, 0.2) is 9.84 Å². The first-order chi connectivity index (χ1) is 14.2. The molecule has 2 aliphatic heterocycles. The van der Waals surface area contributed by atoms with Crippen LogP contribution in [0.25, 0.3) is 0 Å². The van der Waals surface area contributed by atoms with E-state index in [0.29, 0.717) is 44.0 Å². The van der Waals surface area contributed by atoms with Crippen LogP contribution >= 0.6 is 10.7 Å². The normalized spacial score (nSPS) is 20.8. The molecule has 2 atom stereocenters. The van der Waals surface area contributed by atoms with E-state index >= 15 is 0 Å². The summed E-state index contributed by atoms with van der Waals surface area (Å²) in [6.45, 7) is 1.07. The van der Waals surface area contributed by atoms with Gasteiger partial charge in [-0.2, -0.15) is 0 Å². The van der Waals surface area contributed by atoms with Gasteiger partial charge in [0.25, 0.3) is 9.05 Å². The molecule has 1 fully saturated rings. The smallest absolute Gasteiger partial charge is 0.261 e. The van der Waals surface area contributed by atoms with Crippen molar-refractivity contribution in [1.29, 1.82) is 0 Å². The molecule has 0 aromatic heterocycles. The lowest BCUT2D eigenvalue weighted by molar-refractivity contribution is 0.169. The van der Waals surface area contributed by atoms with E-state index < -0.39 is 18.9 Å². The minimum absolute atomic E-state index is 0.0374. The highest BCUT2D eigenvalue weighted by atomic mass is 35.7. The molecule has 0 saturated carbocycles. The Morgan fingerprint density at radius 3 is 2.57 bits per heavy atom. The van der Waals surface area contributed by atoms with E-state index in [2.05, 4.69) is 0 Å². The van der Waals surface area contributed by atoms with Gasteiger partial charge in [-0.15, -0.1) is 0 Å². The van der Waals surface area contributed by atoms with Crippen molar-refractivity contribution in [2.24, 2.45) is 0 Å². The molecule has 4 rings (SSSR count). The van der Waals surface area contributed by atoms with Crippen LogP contribution in [0.2, 0.25) is 0 Å². The molecule has 0 radical (unpaired) electrons. The van der Waals surface area contributed by atoms with Crippen LogP contribution in [0.3, 0.4) is 0 Å². The Kier molecular flexibility index (Phi) is 5.98. The lowest BCUT2D eigenvalue weighted by Gasteiger charge is -2.26. The second-order valence-electron chi connectivity index (χ2n) is 7.33. The Morgan fingerprint density at radius 2 is 1.83 bits per heavy atom. The fourth-order valence-corrected chi connectivity index (χ4v) is 5.43. The predicted molar refractivity (Wildman–Crippen MR) is 111 cm³/mol. The predicted octanol–water partition coefficient (Wildman–Crippen LogP) is 2.95. The molecule has 0 bridgehead atoms. The van der Waals surface area contributed by atoms with Crippen LogP contribution in [0.4, 0.5) is 0 Å². The summed E-state index contributed by atoms with van der Waals surface area (Å²) in [4.78, 5) is 0.160. The zero-order valence-corrected chi connectivity index (χ0v) is 18.4. The van der Waals surface area contributed by atoms with Gasteiger partial charge in [0, 0.05) is 16.7 Å². The number of halogens is 1. The number of ether oxygens (including phenoxy) is 3. The molecule has 10 heteroatoms. The second-order valence-corrected chi connectivity index (χ2v) is 12.0. The SMILES string of the molecule is O=S(=O)(Cl)c1ccc2c(c1)O[C@H](CCS(=O)(=O)c1cccc(OCC3CO3)c1)CC2. The molecule has 2 aliphatic rings. The molecular weight excluding hydrogens is 452 g/mol. The van der Waals surface area contributed by atoms with Crippen LogP contribution in [0.5, 0.6) is 11.5 Å². The van der Waals surface area contributed by atoms with E-state index in [1.807, 2.05) is 0 Å². The van der Waals surface area contributed by atoms with Crippen molar-refractivity contribution >= 4 is 29.6 Å². The summed E-state index contributed by atoms with van der Waals surface area (Å²) < 4.78 is 65.2. The number of sulfone groups is 1. The van der Waals surface area contributed by atoms with Crippen molar-refractivity contribution in [1.82, 2.24) is 0 Å². The fourth-order valence-electron chi connectivity index (χ4n) is 3.28. The first-order valence-corrected chi connectivity index (χ1v) is 13.5. The first-order valence-electron chi connectivity index (χ1n) is 9.52. The maximum Gasteiger partial charge on any atom is 0.261 e. The van der Waals surface area contributed by atoms with Crippen LogP contribution in [-0.4, -0.2) is 48.0 Å². The first kappa shape index (κ1) is 21.4. The summed E-state index contributed by atoms with van der Waals surface area (Å²) in [5, 5.41) is 0. The van der Waals surface area contributed by atoms with Crippen LogP contribution in [0.15, 0.2) is 52.3 Å². The van der Waals surface area contributed by atoms with Crippen molar-refractivity contribution in [3.8, 4) is 11.5 Å². The van der Waals surface area contributed by atoms with Gasteiger partial charge in [-0.25, -0.2) is 16.8 Å². The summed E-state index contributed by atoms with van der Waals surface area (Å²) in [5.41, 5.74) is 0.877. The van der Waals surface area contributed by atoms with Gasteiger partial charge in [0.05, 0.1) is 22.2 Å². The molecule has 0 spiro atoms. The summed E-state index contributed by atoms with van der Waals surface area (Å²) >= 11 is 0. The molecule has 7 nitrogen and oxygen atoms in total. The highest BCUT2D eigenvalue weighted by Gasteiger charge is 2.26. The lowest BCUT2D eigenvalue weighted by atomic mass is 10.0. The van der Waals surface area contributed by atoms with Gasteiger partial charge < -0.3 is 14.2 Å². The average molecular weight is 473 g/mol. The van der Waals surface area contributed by atoms with E-state index in [9.17, 15) is 16.8 Å². The second kappa shape index (κ2) is 8.37. The van der Waals surface area contributed by atoms with Gasteiger partial charge in [-0.1, -0.05) is 12.1 Å². The lowest BCUT2D eigenvalue weighted by Crippen LogP contribution is -2.25. The van der Waals surface area contributed by atoms with Crippen molar-refractivity contribution in [3.05, 3.63) is 48.0 Å². The molecule has 2 aromatic carbocycles. The summed E-state index contributed by atoms with van der Waals surface area (Å²) in [5.74, 6) is 0.836. The number of benzene rings is 2. The highest BCUT2D eigenvalue weighted by Crippen LogP contribution is 2.32. The van der Waals surface area contributed by atoms with E-state index in [4.69, 9.17) is 24.9 Å². The van der Waals surface area contributed by atoms with Crippen molar-refractivity contribution in [3.63, 3.8) is 0 Å². The van der Waals surface area contributed by atoms with Crippen LogP contribution in [0, 0.1) is 0 Å². The Bertz CT molecular complexity index is 1140. The monoisotopic (exact) mass is 472 g/mol. The van der Waals surface area contributed by atoms with Crippen LogP contribution in [-0.2, 0) is 30.0 Å². The third kappa shape index (κ3) is 5.26. The van der Waals surface area contributed by atoms with Crippen LogP contribution in [0.1, 0.15) is 18.4 Å². The van der Waals surface area contributed by atoms with Crippen LogP contribution < -0.4 is 9.47 Å². The number of fused-ring (bicyclic) bond motifs is 1. The Labute approximate surface area is 180 Å². The topological polar surface area (TPSA) is 99.3 Å². The molecular formula is C20H21ClO7S2. The summed E-state index contributed by atoms with van der Waals surface area (Å²) in [6.07, 6.45) is 1.38. The van der Waals surface area contributed by atoms with Crippen molar-refractivity contribution in [2.75, 3.05) is 19.0 Å². The molecule has 0 amide bonds. The molecule has 0 N–H and O–H groups in total. The van der Waals surface area contributed by atoms with Gasteiger partial charge in [0.1, 0.15) is 30.3 Å². The number of hydrogen-bond donors (Lipinski definition) is 0. The highest BCUT2D eigenvalue weighted by molar-refractivity contribution is 8.13.